The molecule has 1 N–H and O–H groups in total. The maximum atomic E-state index is 3.78. The van der Waals surface area contributed by atoms with E-state index in [0.29, 0.717) is 0 Å². The first-order chi connectivity index (χ1) is 8.50. The lowest BCUT2D eigenvalue weighted by atomic mass is 10.5. The maximum absolute atomic E-state index is 3.78. The van der Waals surface area contributed by atoms with E-state index in [0.717, 1.165) is 0 Å². The molecule has 0 saturated carbocycles. The summed E-state index contributed by atoms with van der Waals surface area (Å²) >= 11 is 0. The van der Waals surface area contributed by atoms with Crippen LogP contribution in [0.3, 0.4) is 0 Å². The Labute approximate surface area is 99.6 Å². The predicted octanol–water partition coefficient (Wildman–Crippen LogP) is 1.97. The average molecular weight is 227 g/mol. The van der Waals surface area contributed by atoms with E-state index in [2.05, 4.69) is 25.4 Å². The van der Waals surface area contributed by atoms with Crippen LogP contribution in [-0.2, 0) is 0 Å². The van der Waals surface area contributed by atoms with Crippen LogP contribution in [0, 0.1) is 0 Å². The lowest BCUT2D eigenvalue weighted by molar-refractivity contribution is 0.865. The van der Waals surface area contributed by atoms with Crippen LogP contribution < -0.4 is 0 Å². The zero-order valence-electron chi connectivity index (χ0n) is 9.22. The molecule has 0 aliphatic rings. The van der Waals surface area contributed by atoms with Crippen LogP contribution in [0.15, 0.2) is 73.6 Å². The van der Waals surface area contributed by atoms with Gasteiger partial charge in [-0.1, -0.05) is 6.07 Å². The van der Waals surface area contributed by atoms with Crippen molar-refractivity contribution >= 4 is 0 Å². The summed E-state index contributed by atoms with van der Waals surface area (Å²) in [6, 6.07) is 11.3. The Morgan fingerprint density at radius 2 is 1.24 bits per heavy atom. The zero-order valence-corrected chi connectivity index (χ0v) is 9.22. The predicted molar refractivity (Wildman–Crippen MR) is 64.9 cm³/mol. The molecule has 0 saturated heterocycles. The number of aromatic nitrogens is 5. The first-order valence-electron chi connectivity index (χ1n) is 5.01. The van der Waals surface area contributed by atoms with Gasteiger partial charge in [0, 0.05) is 24.8 Å². The van der Waals surface area contributed by atoms with Crippen LogP contribution >= 0.6 is 0 Å². The number of rotatable bonds is 0. The molecule has 17 heavy (non-hydrogen) atoms. The Bertz CT molecular complexity index is 325. The second kappa shape index (κ2) is 9.97. The molecule has 0 unspecified atom stereocenters. The Kier molecular flexibility index (Phi) is 7.34. The molecule has 0 aliphatic carbocycles. The van der Waals surface area contributed by atoms with E-state index in [1.54, 1.807) is 30.9 Å². The Hall–Kier alpha value is -2.56. The molecule has 0 bridgehead atoms. The Morgan fingerprint density at radius 1 is 0.588 bits per heavy atom. The molecule has 86 valence electrons. The number of hydrogen-bond donors (Lipinski definition) is 1. The van der Waals surface area contributed by atoms with E-state index in [9.17, 15) is 0 Å². The van der Waals surface area contributed by atoms with Crippen LogP contribution in [-0.4, -0.2) is 25.4 Å². The van der Waals surface area contributed by atoms with Crippen LogP contribution in [0.4, 0.5) is 0 Å². The number of nitrogens with one attached hydrogen (secondary N) is 1. The summed E-state index contributed by atoms with van der Waals surface area (Å²) < 4.78 is 0. The van der Waals surface area contributed by atoms with Crippen LogP contribution in [0.1, 0.15) is 0 Å². The summed E-state index contributed by atoms with van der Waals surface area (Å²) in [5.41, 5.74) is 0. The van der Waals surface area contributed by atoms with Gasteiger partial charge >= 0.3 is 0 Å². The molecular formula is C12H13N5. The van der Waals surface area contributed by atoms with Crippen LogP contribution in [0.2, 0.25) is 0 Å². The number of aromatic amines is 1. The van der Waals surface area contributed by atoms with Gasteiger partial charge in [-0.25, -0.2) is 0 Å². The minimum absolute atomic E-state index is 1.58. The van der Waals surface area contributed by atoms with E-state index in [1.165, 1.54) is 0 Å². The lowest BCUT2D eigenvalue weighted by Crippen LogP contribution is -1.78. The van der Waals surface area contributed by atoms with Gasteiger partial charge in [0.25, 0.3) is 0 Å². The molecule has 3 heterocycles. The number of hydrogen-bond acceptors (Lipinski definition) is 4. The zero-order chi connectivity index (χ0) is 12.0. The second-order valence-electron chi connectivity index (χ2n) is 2.72. The topological polar surface area (TPSA) is 67.3 Å². The van der Waals surface area contributed by atoms with Crippen LogP contribution in [0.5, 0.6) is 0 Å². The molecule has 0 atom stereocenters. The number of pyridine rings is 1. The van der Waals surface area contributed by atoms with Crippen molar-refractivity contribution in [3.63, 3.8) is 0 Å². The van der Waals surface area contributed by atoms with E-state index >= 15 is 0 Å². The van der Waals surface area contributed by atoms with Gasteiger partial charge in [0.15, 0.2) is 0 Å². The summed E-state index contributed by atoms with van der Waals surface area (Å²) in [7, 11) is 0. The normalized spacial score (nSPS) is 8.00. The van der Waals surface area contributed by atoms with E-state index in [4.69, 9.17) is 0 Å². The quantitative estimate of drug-likeness (QED) is 0.637. The molecule has 0 spiro atoms. The van der Waals surface area contributed by atoms with Crippen molar-refractivity contribution in [1.82, 2.24) is 25.4 Å². The van der Waals surface area contributed by atoms with Gasteiger partial charge in [-0.3, -0.25) is 4.98 Å². The first-order valence-corrected chi connectivity index (χ1v) is 5.01. The molecule has 0 aromatic carbocycles. The van der Waals surface area contributed by atoms with Gasteiger partial charge < -0.3 is 4.98 Å². The largest absolute Gasteiger partial charge is 0.368 e. The highest BCUT2D eigenvalue weighted by Gasteiger charge is 1.60. The monoisotopic (exact) mass is 227 g/mol. The number of H-pyrrole nitrogens is 1. The molecule has 3 aromatic heterocycles. The molecule has 5 heteroatoms. The van der Waals surface area contributed by atoms with Crippen molar-refractivity contribution in [1.29, 1.82) is 0 Å². The van der Waals surface area contributed by atoms with Gasteiger partial charge in [-0.2, -0.15) is 0 Å². The van der Waals surface area contributed by atoms with Gasteiger partial charge in [-0.15, -0.1) is 10.2 Å². The summed E-state index contributed by atoms with van der Waals surface area (Å²) in [5, 5.41) is 10.1. The number of nitrogens with zero attached hydrogens (tertiary/aromatic N) is 4. The van der Waals surface area contributed by atoms with Crippen molar-refractivity contribution in [3.05, 3.63) is 73.6 Å². The molecule has 0 amide bonds. The standard InChI is InChI=1S/C5H5N.C4H5N.C3H3N3/c1-2-4-6-5-3-1;1-2-4-5-3-1;1-2-4-6-5-3-1/h1-5H;1-5H;1-3H. The second-order valence-corrected chi connectivity index (χ2v) is 2.72. The summed E-state index contributed by atoms with van der Waals surface area (Å²) in [5.74, 6) is 0. The Morgan fingerprint density at radius 3 is 1.41 bits per heavy atom. The molecule has 0 aliphatic heterocycles. The Balaban J connectivity index is 0.000000128. The third-order valence-corrected chi connectivity index (χ3v) is 1.47. The fourth-order valence-corrected chi connectivity index (χ4v) is 0.795. The highest BCUT2D eigenvalue weighted by atomic mass is 15.3. The first kappa shape index (κ1) is 12.5. The minimum Gasteiger partial charge on any atom is -0.368 e. The van der Waals surface area contributed by atoms with Gasteiger partial charge in [0.05, 0.1) is 12.4 Å². The third-order valence-electron chi connectivity index (χ3n) is 1.47. The fraction of sp³-hybridized carbons (Fsp3) is 0. The van der Waals surface area contributed by atoms with Gasteiger partial charge in [-0.05, 0) is 35.5 Å². The SMILES string of the molecule is c1cc[nH]c1.c1ccncc1.c1cnnnc1. The smallest absolute Gasteiger partial charge is 0.0529 e. The summed E-state index contributed by atoms with van der Waals surface area (Å²) in [4.78, 5) is 6.65. The third kappa shape index (κ3) is 8.44. The van der Waals surface area contributed by atoms with Crippen molar-refractivity contribution < 1.29 is 0 Å². The van der Waals surface area contributed by atoms with Crippen molar-refractivity contribution in [2.24, 2.45) is 0 Å². The molecule has 0 radical (unpaired) electrons. The van der Waals surface area contributed by atoms with E-state index < -0.39 is 0 Å². The van der Waals surface area contributed by atoms with Gasteiger partial charge in [0.1, 0.15) is 0 Å². The highest BCUT2D eigenvalue weighted by Crippen LogP contribution is 1.73. The fourth-order valence-electron chi connectivity index (χ4n) is 0.795. The molecule has 0 fully saturated rings. The average Bonchev–Trinajstić information content (AvgIpc) is 3.03. The lowest BCUT2D eigenvalue weighted by Gasteiger charge is -1.70. The van der Waals surface area contributed by atoms with Gasteiger partial charge in [0.2, 0.25) is 0 Å². The molecule has 5 nitrogen and oxygen atoms in total. The summed E-state index contributed by atoms with van der Waals surface area (Å²) in [6.45, 7) is 0. The summed E-state index contributed by atoms with van der Waals surface area (Å²) in [6.07, 6.45) is 10.4. The minimum atomic E-state index is 1.58. The van der Waals surface area contributed by atoms with Crippen molar-refractivity contribution in [3.8, 4) is 0 Å². The maximum Gasteiger partial charge on any atom is 0.0529 e. The van der Waals surface area contributed by atoms with Crippen LogP contribution in [0.25, 0.3) is 0 Å². The highest BCUT2D eigenvalue weighted by molar-refractivity contribution is 4.88. The van der Waals surface area contributed by atoms with Crippen molar-refractivity contribution in [2.75, 3.05) is 0 Å². The van der Waals surface area contributed by atoms with E-state index in [1.807, 2.05) is 42.7 Å². The molecular weight excluding hydrogens is 214 g/mol. The molecule has 3 aromatic rings. The molecule has 3 rings (SSSR count). The van der Waals surface area contributed by atoms with Crippen molar-refractivity contribution in [2.45, 2.75) is 0 Å². The van der Waals surface area contributed by atoms with E-state index in [-0.39, 0.29) is 0 Å².